The lowest BCUT2D eigenvalue weighted by molar-refractivity contribution is 0.384. The summed E-state index contributed by atoms with van der Waals surface area (Å²) in [7, 11) is 0. The summed E-state index contributed by atoms with van der Waals surface area (Å²) in [5.41, 5.74) is 5.93. The molecule has 1 nitrogen and oxygen atoms in total. The van der Waals surface area contributed by atoms with Crippen LogP contribution in [0.5, 0.6) is 0 Å². The van der Waals surface area contributed by atoms with Gasteiger partial charge in [-0.25, -0.2) is 0 Å². The first-order valence-corrected chi connectivity index (χ1v) is 17.5. The predicted molar refractivity (Wildman–Crippen MR) is 167 cm³/mol. The first-order chi connectivity index (χ1) is 17.8. The minimum Gasteiger partial charge on any atom is -0.330 e. The number of nitrogens with two attached hydrogens (primary N) is 1. The number of rotatable bonds is 32. The Hall–Kier alpha value is -0.0400. The standard InChI is InChI=1S/C35H73N/c1-3-5-7-9-11-13-15-17-19-21-23-25-27-29-31-35(33-34-36)32-30-28-26-24-22-20-18-16-14-12-10-8-6-4-2/h35H,3-34,36H2,1-2H3. The van der Waals surface area contributed by atoms with Crippen LogP contribution in [-0.4, -0.2) is 6.54 Å². The summed E-state index contributed by atoms with van der Waals surface area (Å²) < 4.78 is 0. The molecular formula is C35H73N. The van der Waals surface area contributed by atoms with E-state index in [2.05, 4.69) is 13.8 Å². The summed E-state index contributed by atoms with van der Waals surface area (Å²) in [5.74, 6) is 0.907. The maximum absolute atomic E-state index is 5.93. The Morgan fingerprint density at radius 3 is 0.750 bits per heavy atom. The van der Waals surface area contributed by atoms with Gasteiger partial charge in [-0.1, -0.05) is 206 Å². The highest BCUT2D eigenvalue weighted by atomic mass is 14.5. The lowest BCUT2D eigenvalue weighted by atomic mass is 9.91. The monoisotopic (exact) mass is 508 g/mol. The molecule has 0 rings (SSSR count). The predicted octanol–water partition coefficient (Wildman–Crippen LogP) is 12.7. The van der Waals surface area contributed by atoms with E-state index in [9.17, 15) is 0 Å². The summed E-state index contributed by atoms with van der Waals surface area (Å²) >= 11 is 0. The molecule has 0 aromatic carbocycles. The van der Waals surface area contributed by atoms with E-state index in [1.165, 1.54) is 199 Å². The maximum Gasteiger partial charge on any atom is -0.00746 e. The van der Waals surface area contributed by atoms with Crippen molar-refractivity contribution in [3.05, 3.63) is 0 Å². The third-order valence-electron chi connectivity index (χ3n) is 8.51. The molecule has 0 aliphatic heterocycles. The molecule has 0 aliphatic carbocycles. The van der Waals surface area contributed by atoms with Gasteiger partial charge in [-0.2, -0.15) is 0 Å². The van der Waals surface area contributed by atoms with Crippen LogP contribution in [0, 0.1) is 5.92 Å². The molecule has 36 heavy (non-hydrogen) atoms. The molecule has 0 heterocycles. The molecule has 0 saturated heterocycles. The average molecular weight is 508 g/mol. The minimum atomic E-state index is 0.891. The fourth-order valence-corrected chi connectivity index (χ4v) is 5.92. The Morgan fingerprint density at radius 1 is 0.306 bits per heavy atom. The van der Waals surface area contributed by atoms with Gasteiger partial charge in [0.25, 0.3) is 0 Å². The van der Waals surface area contributed by atoms with Crippen LogP contribution >= 0.6 is 0 Å². The van der Waals surface area contributed by atoms with E-state index >= 15 is 0 Å². The van der Waals surface area contributed by atoms with Crippen LogP contribution in [0.25, 0.3) is 0 Å². The molecule has 0 spiro atoms. The highest BCUT2D eigenvalue weighted by molar-refractivity contribution is 4.62. The summed E-state index contributed by atoms with van der Waals surface area (Å²) in [5, 5.41) is 0. The van der Waals surface area contributed by atoms with Gasteiger partial charge in [0.2, 0.25) is 0 Å². The van der Waals surface area contributed by atoms with Gasteiger partial charge in [-0.15, -0.1) is 0 Å². The topological polar surface area (TPSA) is 26.0 Å². The normalized spacial score (nSPS) is 11.7. The van der Waals surface area contributed by atoms with E-state index in [1.54, 1.807) is 0 Å². The van der Waals surface area contributed by atoms with Gasteiger partial charge < -0.3 is 5.73 Å². The third-order valence-corrected chi connectivity index (χ3v) is 8.51. The van der Waals surface area contributed by atoms with Crippen molar-refractivity contribution in [2.45, 2.75) is 213 Å². The van der Waals surface area contributed by atoms with E-state index in [1.807, 2.05) is 0 Å². The zero-order chi connectivity index (χ0) is 26.2. The first kappa shape index (κ1) is 36.0. The Labute approximate surface area is 230 Å². The lowest BCUT2D eigenvalue weighted by Crippen LogP contribution is -2.09. The zero-order valence-electron chi connectivity index (χ0n) is 25.8. The van der Waals surface area contributed by atoms with Crippen LogP contribution in [0.3, 0.4) is 0 Å². The second-order valence-corrected chi connectivity index (χ2v) is 12.2. The van der Waals surface area contributed by atoms with Crippen molar-refractivity contribution in [2.75, 3.05) is 6.54 Å². The van der Waals surface area contributed by atoms with E-state index in [0.29, 0.717) is 0 Å². The van der Waals surface area contributed by atoms with Gasteiger partial charge in [0.1, 0.15) is 0 Å². The molecule has 0 atom stereocenters. The minimum absolute atomic E-state index is 0.891. The van der Waals surface area contributed by atoms with Crippen molar-refractivity contribution >= 4 is 0 Å². The van der Waals surface area contributed by atoms with Crippen LogP contribution in [0.4, 0.5) is 0 Å². The van der Waals surface area contributed by atoms with Gasteiger partial charge in [-0.3, -0.25) is 0 Å². The molecular weight excluding hydrogens is 434 g/mol. The molecule has 0 aromatic rings. The van der Waals surface area contributed by atoms with Gasteiger partial charge in [0.05, 0.1) is 0 Å². The first-order valence-electron chi connectivity index (χ1n) is 17.5. The van der Waals surface area contributed by atoms with Crippen molar-refractivity contribution in [1.82, 2.24) is 0 Å². The van der Waals surface area contributed by atoms with Crippen molar-refractivity contribution in [3.8, 4) is 0 Å². The second kappa shape index (κ2) is 33.0. The number of hydrogen-bond acceptors (Lipinski definition) is 1. The molecule has 0 fully saturated rings. The van der Waals surface area contributed by atoms with Crippen molar-refractivity contribution in [2.24, 2.45) is 11.7 Å². The smallest absolute Gasteiger partial charge is 0.00746 e. The number of hydrogen-bond donors (Lipinski definition) is 1. The molecule has 0 bridgehead atoms. The Balaban J connectivity index is 3.37. The molecule has 0 saturated carbocycles. The molecule has 0 aliphatic rings. The highest BCUT2D eigenvalue weighted by Gasteiger charge is 2.07. The molecule has 0 amide bonds. The third kappa shape index (κ3) is 30.2. The SMILES string of the molecule is CCCCCCCCCCCCCCCCC(CCN)CCCCCCCCCCCCCCCC. The zero-order valence-corrected chi connectivity index (χ0v) is 25.8. The molecule has 0 unspecified atom stereocenters. The second-order valence-electron chi connectivity index (χ2n) is 12.2. The van der Waals surface area contributed by atoms with Crippen LogP contribution in [0.15, 0.2) is 0 Å². The summed E-state index contributed by atoms with van der Waals surface area (Å²) in [6, 6.07) is 0. The van der Waals surface area contributed by atoms with E-state index in [4.69, 9.17) is 5.73 Å². The molecule has 1 heteroatoms. The molecule has 2 N–H and O–H groups in total. The van der Waals surface area contributed by atoms with E-state index in [0.717, 1.165) is 12.5 Å². The van der Waals surface area contributed by atoms with E-state index < -0.39 is 0 Å². The van der Waals surface area contributed by atoms with Crippen LogP contribution in [0.1, 0.15) is 213 Å². The number of unbranched alkanes of at least 4 members (excludes halogenated alkanes) is 26. The Morgan fingerprint density at radius 2 is 0.528 bits per heavy atom. The fourth-order valence-electron chi connectivity index (χ4n) is 5.92. The van der Waals surface area contributed by atoms with Gasteiger partial charge >= 0.3 is 0 Å². The van der Waals surface area contributed by atoms with Gasteiger partial charge in [0, 0.05) is 0 Å². The maximum atomic E-state index is 5.93. The molecule has 218 valence electrons. The van der Waals surface area contributed by atoms with E-state index in [-0.39, 0.29) is 0 Å². The fraction of sp³-hybridized carbons (Fsp3) is 1.00. The van der Waals surface area contributed by atoms with Crippen molar-refractivity contribution in [1.29, 1.82) is 0 Å². The molecule has 0 radical (unpaired) electrons. The van der Waals surface area contributed by atoms with Crippen LogP contribution < -0.4 is 5.73 Å². The Kier molecular flexibility index (Phi) is 33.0. The van der Waals surface area contributed by atoms with Crippen LogP contribution in [-0.2, 0) is 0 Å². The Bertz CT molecular complexity index is 334. The summed E-state index contributed by atoms with van der Waals surface area (Å²) in [4.78, 5) is 0. The largest absolute Gasteiger partial charge is 0.330 e. The van der Waals surface area contributed by atoms with Crippen LogP contribution in [0.2, 0.25) is 0 Å². The average Bonchev–Trinajstić information content (AvgIpc) is 2.89. The summed E-state index contributed by atoms with van der Waals surface area (Å²) in [6.07, 6.45) is 45.0. The highest BCUT2D eigenvalue weighted by Crippen LogP contribution is 2.22. The quantitative estimate of drug-likeness (QED) is 0.0900. The lowest BCUT2D eigenvalue weighted by Gasteiger charge is -2.16. The van der Waals surface area contributed by atoms with Gasteiger partial charge in [0.15, 0.2) is 0 Å². The van der Waals surface area contributed by atoms with Crippen molar-refractivity contribution < 1.29 is 0 Å². The van der Waals surface area contributed by atoms with Gasteiger partial charge in [-0.05, 0) is 18.9 Å². The molecule has 0 aromatic heterocycles. The van der Waals surface area contributed by atoms with Crippen molar-refractivity contribution in [3.63, 3.8) is 0 Å². The summed E-state index contributed by atoms with van der Waals surface area (Å²) in [6.45, 7) is 5.50.